The van der Waals surface area contributed by atoms with Crippen molar-refractivity contribution in [3.8, 4) is 0 Å². The van der Waals surface area contributed by atoms with Gasteiger partial charge in [0.2, 0.25) is 5.91 Å². The second kappa shape index (κ2) is 6.32. The van der Waals surface area contributed by atoms with Crippen LogP contribution in [-0.2, 0) is 9.47 Å². The minimum absolute atomic E-state index is 0.0562. The number of hydrogen-bond acceptors (Lipinski definition) is 3. The molecule has 1 atom stereocenters. The van der Waals surface area contributed by atoms with E-state index in [0.29, 0.717) is 0 Å². The highest BCUT2D eigenvalue weighted by molar-refractivity contribution is 6.37. The molecule has 3 nitrogen and oxygen atoms in total. The van der Waals surface area contributed by atoms with Gasteiger partial charge in [0.15, 0.2) is 0 Å². The lowest BCUT2D eigenvalue weighted by atomic mass is 10.2. The molecule has 2 aliphatic rings. The van der Waals surface area contributed by atoms with E-state index in [2.05, 4.69) is 18.7 Å². The van der Waals surface area contributed by atoms with Crippen molar-refractivity contribution in [2.75, 3.05) is 19.8 Å². The molecule has 0 spiro atoms. The molecule has 0 aromatic heterocycles. The van der Waals surface area contributed by atoms with E-state index in [-0.39, 0.29) is 15.4 Å². The van der Waals surface area contributed by atoms with Crippen LogP contribution >= 0.6 is 0 Å². The van der Waals surface area contributed by atoms with Gasteiger partial charge in [0.05, 0.1) is 0 Å². The average Bonchev–Trinajstić information content (AvgIpc) is 2.75. The molecule has 0 N–H and O–H groups in total. The molecule has 2 heterocycles. The molecule has 4 heteroatoms. The first-order valence-electron chi connectivity index (χ1n) is 7.37. The van der Waals surface area contributed by atoms with Gasteiger partial charge in [0, 0.05) is 41.4 Å². The number of hydrogen-bond donors (Lipinski definition) is 0. The minimum Gasteiger partial charge on any atom is -0.338 e. The normalized spacial score (nSPS) is 31.1. The lowest BCUT2D eigenvalue weighted by Crippen LogP contribution is -2.55. The summed E-state index contributed by atoms with van der Waals surface area (Å²) in [6, 6.07) is 1.51. The molecule has 2 rings (SSSR count). The largest absolute Gasteiger partial charge is 0.338 e. The van der Waals surface area contributed by atoms with Gasteiger partial charge in [-0.1, -0.05) is 18.9 Å². The zero-order chi connectivity index (χ0) is 12.1. The third-order valence-corrected chi connectivity index (χ3v) is 6.51. The fraction of sp³-hybridized carbons (Fsp3) is 1.00. The van der Waals surface area contributed by atoms with Crippen molar-refractivity contribution in [2.24, 2.45) is 0 Å². The van der Waals surface area contributed by atoms with Crippen LogP contribution in [0.1, 0.15) is 46.0 Å². The van der Waals surface area contributed by atoms with Crippen LogP contribution in [0.2, 0.25) is 6.04 Å². The third-order valence-electron chi connectivity index (χ3n) is 4.08. The number of nitrogens with zero attached hydrogens (tertiary/aromatic N) is 1. The highest BCUT2D eigenvalue weighted by atomic mass is 28.2. The van der Waals surface area contributed by atoms with Crippen molar-refractivity contribution in [3.63, 3.8) is 0 Å². The van der Waals surface area contributed by atoms with Gasteiger partial charge >= 0.3 is 0 Å². The number of likely N-dealkylation sites (tertiary alicyclic amines) is 1. The maximum atomic E-state index is 6.02. The summed E-state index contributed by atoms with van der Waals surface area (Å²) in [5.74, 6) is -0.363. The minimum atomic E-state index is -0.363. The van der Waals surface area contributed by atoms with Crippen LogP contribution in [0.15, 0.2) is 0 Å². The lowest BCUT2D eigenvalue weighted by molar-refractivity contribution is -0.304. The maximum Gasteiger partial charge on any atom is 0.229 e. The second-order valence-electron chi connectivity index (χ2n) is 5.17. The number of ether oxygens (including phenoxy) is 2. The number of rotatable bonds is 5. The summed E-state index contributed by atoms with van der Waals surface area (Å²) >= 11 is 0. The van der Waals surface area contributed by atoms with Gasteiger partial charge < -0.3 is 9.47 Å². The van der Waals surface area contributed by atoms with E-state index in [9.17, 15) is 0 Å². The zero-order valence-electron chi connectivity index (χ0n) is 11.4. The van der Waals surface area contributed by atoms with E-state index < -0.39 is 0 Å². The molecule has 1 unspecified atom stereocenters. The first kappa shape index (κ1) is 13.5. The molecule has 100 valence electrons. The molecule has 0 aromatic rings. The zero-order valence-corrected chi connectivity index (χ0v) is 12.8. The molecule has 0 aromatic carbocycles. The van der Waals surface area contributed by atoms with Crippen molar-refractivity contribution in [1.29, 1.82) is 0 Å². The smallest absolute Gasteiger partial charge is 0.229 e. The Balaban J connectivity index is 2.06. The molecule has 2 fully saturated rings. The molecule has 0 amide bonds. The van der Waals surface area contributed by atoms with Crippen LogP contribution < -0.4 is 0 Å². The van der Waals surface area contributed by atoms with Gasteiger partial charge in [0.25, 0.3) is 0 Å². The van der Waals surface area contributed by atoms with Crippen molar-refractivity contribution in [1.82, 2.24) is 4.90 Å². The van der Waals surface area contributed by atoms with Gasteiger partial charge in [-0.25, -0.2) is 0 Å². The second-order valence-corrected chi connectivity index (χ2v) is 7.39. The summed E-state index contributed by atoms with van der Waals surface area (Å²) in [6.07, 6.45) is 6.54. The predicted octanol–water partition coefficient (Wildman–Crippen LogP) is 1.91. The summed E-state index contributed by atoms with van der Waals surface area (Å²) in [4.78, 5) is 2.57. The highest BCUT2D eigenvalue weighted by Gasteiger charge is 2.46. The van der Waals surface area contributed by atoms with Gasteiger partial charge in [-0.2, -0.15) is 0 Å². The first-order valence-corrected chi connectivity index (χ1v) is 9.18. The summed E-state index contributed by atoms with van der Waals surface area (Å²) in [6.45, 7) is 6.85. The maximum absolute atomic E-state index is 6.02. The molecular formula is C13H27NO2Si. The summed E-state index contributed by atoms with van der Waals surface area (Å²) in [5, 5.41) is 0. The van der Waals surface area contributed by atoms with Gasteiger partial charge in [-0.05, 0) is 26.7 Å². The molecule has 2 aliphatic heterocycles. The van der Waals surface area contributed by atoms with Gasteiger partial charge in [0.1, 0.15) is 0 Å². The summed E-state index contributed by atoms with van der Waals surface area (Å²) in [7, 11) is 0.0562. The Morgan fingerprint density at radius 2 is 1.94 bits per heavy atom. The predicted molar refractivity (Wildman–Crippen MR) is 72.9 cm³/mol. The molecule has 2 saturated heterocycles. The van der Waals surface area contributed by atoms with Crippen LogP contribution in [0.3, 0.4) is 0 Å². The highest BCUT2D eigenvalue weighted by Crippen LogP contribution is 2.36. The van der Waals surface area contributed by atoms with Crippen molar-refractivity contribution in [3.05, 3.63) is 0 Å². The van der Waals surface area contributed by atoms with Crippen LogP contribution in [0.5, 0.6) is 0 Å². The SMILES string of the molecule is CCOC1(OCC)CCCN1C1CCCC[SiH2]1. The van der Waals surface area contributed by atoms with Crippen molar-refractivity contribution >= 4 is 9.52 Å². The van der Waals surface area contributed by atoms with Crippen molar-refractivity contribution in [2.45, 2.75) is 63.6 Å². The van der Waals surface area contributed by atoms with E-state index in [1.807, 2.05) is 0 Å². The van der Waals surface area contributed by atoms with Gasteiger partial charge in [-0.15, -0.1) is 0 Å². The van der Waals surface area contributed by atoms with E-state index >= 15 is 0 Å². The first-order chi connectivity index (χ1) is 8.32. The molecule has 0 bridgehead atoms. The van der Waals surface area contributed by atoms with E-state index in [1.54, 1.807) is 0 Å². The van der Waals surface area contributed by atoms with Crippen LogP contribution in [0.4, 0.5) is 0 Å². The van der Waals surface area contributed by atoms with E-state index in [1.165, 1.54) is 38.3 Å². The third kappa shape index (κ3) is 2.92. The molecular weight excluding hydrogens is 230 g/mol. The van der Waals surface area contributed by atoms with Gasteiger partial charge in [-0.3, -0.25) is 4.90 Å². The van der Waals surface area contributed by atoms with E-state index in [4.69, 9.17) is 9.47 Å². The summed E-state index contributed by atoms with van der Waals surface area (Å²) in [5.41, 5.74) is 0.823. The summed E-state index contributed by atoms with van der Waals surface area (Å²) < 4.78 is 12.0. The van der Waals surface area contributed by atoms with Crippen LogP contribution in [-0.4, -0.2) is 45.8 Å². The fourth-order valence-corrected chi connectivity index (χ4v) is 5.91. The molecule has 0 radical (unpaired) electrons. The Morgan fingerprint density at radius 3 is 2.53 bits per heavy atom. The molecule has 0 saturated carbocycles. The Labute approximate surface area is 108 Å². The topological polar surface area (TPSA) is 21.7 Å². The van der Waals surface area contributed by atoms with Crippen LogP contribution in [0.25, 0.3) is 0 Å². The fourth-order valence-electron chi connectivity index (χ4n) is 3.44. The van der Waals surface area contributed by atoms with Crippen LogP contribution in [0, 0.1) is 0 Å². The van der Waals surface area contributed by atoms with E-state index in [0.717, 1.165) is 25.3 Å². The quantitative estimate of drug-likeness (QED) is 0.555. The monoisotopic (exact) mass is 257 g/mol. The molecule has 0 aliphatic carbocycles. The Hall–Kier alpha value is 0.0969. The Bertz CT molecular complexity index is 225. The molecule has 17 heavy (non-hydrogen) atoms. The average molecular weight is 257 g/mol. The standard InChI is InChI=1S/C13H27NO2Si/c1-3-15-13(16-4-2)9-7-10-14(13)12-8-5-6-11-17-12/h12H,3-11,17H2,1-2H3. The lowest BCUT2D eigenvalue weighted by Gasteiger charge is -2.43. The van der Waals surface area contributed by atoms with Crippen molar-refractivity contribution < 1.29 is 9.47 Å². The Morgan fingerprint density at radius 1 is 1.18 bits per heavy atom. The Kier molecular flexibility index (Phi) is 5.03.